The van der Waals surface area contributed by atoms with E-state index in [4.69, 9.17) is 0 Å². The second-order valence-corrected chi connectivity index (χ2v) is 4.41. The molecular weight excluding hydrogens is 222 g/mol. The van der Waals surface area contributed by atoms with Gasteiger partial charge in [-0.25, -0.2) is 4.98 Å². The van der Waals surface area contributed by atoms with Crippen molar-refractivity contribution in [2.45, 2.75) is 13.8 Å². The summed E-state index contributed by atoms with van der Waals surface area (Å²) >= 11 is 1.52. The standard InChI is InChI=1S/C12H11NO2S/c1-7-12(16-6-13-7)9-3-4-10(8(2)14)11(15)5-9/h3-6,15H,1-2H3. The first-order valence-electron chi connectivity index (χ1n) is 4.84. The van der Waals surface area contributed by atoms with E-state index in [1.54, 1.807) is 17.6 Å². The van der Waals surface area contributed by atoms with E-state index in [9.17, 15) is 9.90 Å². The molecule has 0 atom stereocenters. The largest absolute Gasteiger partial charge is 0.507 e. The van der Waals surface area contributed by atoms with Gasteiger partial charge in [0.25, 0.3) is 0 Å². The van der Waals surface area contributed by atoms with E-state index in [0.29, 0.717) is 5.56 Å². The third-order valence-corrected chi connectivity index (χ3v) is 3.36. The Morgan fingerprint density at radius 2 is 2.19 bits per heavy atom. The van der Waals surface area contributed by atoms with Crippen LogP contribution in [0.3, 0.4) is 0 Å². The van der Waals surface area contributed by atoms with Crippen molar-refractivity contribution in [2.24, 2.45) is 0 Å². The molecular formula is C12H11NO2S. The van der Waals surface area contributed by atoms with Crippen LogP contribution in [-0.2, 0) is 0 Å². The number of aromatic hydroxyl groups is 1. The van der Waals surface area contributed by atoms with Crippen LogP contribution in [0.4, 0.5) is 0 Å². The first kappa shape index (κ1) is 10.8. The van der Waals surface area contributed by atoms with Crippen molar-refractivity contribution in [1.82, 2.24) is 4.98 Å². The summed E-state index contributed by atoms with van der Waals surface area (Å²) in [7, 11) is 0. The maximum absolute atomic E-state index is 11.2. The van der Waals surface area contributed by atoms with Gasteiger partial charge in [0.2, 0.25) is 0 Å². The fraction of sp³-hybridized carbons (Fsp3) is 0.167. The number of nitrogens with zero attached hydrogens (tertiary/aromatic N) is 1. The number of aromatic nitrogens is 1. The van der Waals surface area contributed by atoms with Crippen molar-refractivity contribution < 1.29 is 9.90 Å². The Kier molecular flexibility index (Phi) is 2.75. The lowest BCUT2D eigenvalue weighted by Crippen LogP contribution is -1.92. The molecule has 0 saturated carbocycles. The van der Waals surface area contributed by atoms with Gasteiger partial charge in [-0.05, 0) is 31.5 Å². The Bertz CT molecular complexity index is 546. The molecule has 1 aromatic heterocycles. The van der Waals surface area contributed by atoms with Crippen LogP contribution in [0.2, 0.25) is 0 Å². The van der Waals surface area contributed by atoms with Crippen molar-refractivity contribution >= 4 is 17.1 Å². The quantitative estimate of drug-likeness (QED) is 0.811. The molecule has 4 heteroatoms. The number of phenolic OH excluding ortho intramolecular Hbond substituents is 1. The third kappa shape index (κ3) is 1.84. The first-order chi connectivity index (χ1) is 7.59. The van der Waals surface area contributed by atoms with Crippen LogP contribution in [0.15, 0.2) is 23.7 Å². The highest BCUT2D eigenvalue weighted by atomic mass is 32.1. The third-order valence-electron chi connectivity index (χ3n) is 2.38. The Labute approximate surface area is 97.4 Å². The minimum atomic E-state index is -0.134. The van der Waals surface area contributed by atoms with Crippen molar-refractivity contribution in [3.8, 4) is 16.2 Å². The summed E-state index contributed by atoms with van der Waals surface area (Å²) in [6.07, 6.45) is 0. The minimum absolute atomic E-state index is 0.0257. The van der Waals surface area contributed by atoms with Gasteiger partial charge in [0.15, 0.2) is 5.78 Å². The number of phenols is 1. The number of rotatable bonds is 2. The summed E-state index contributed by atoms with van der Waals surface area (Å²) in [5.41, 5.74) is 3.94. The normalized spacial score (nSPS) is 10.4. The average Bonchev–Trinajstić information content (AvgIpc) is 2.63. The monoisotopic (exact) mass is 233 g/mol. The van der Waals surface area contributed by atoms with E-state index >= 15 is 0 Å². The molecule has 0 radical (unpaired) electrons. The molecule has 2 aromatic rings. The molecule has 0 aliphatic carbocycles. The molecule has 0 aliphatic rings. The molecule has 0 bridgehead atoms. The molecule has 2 rings (SSSR count). The van der Waals surface area contributed by atoms with E-state index in [2.05, 4.69) is 4.98 Å². The molecule has 16 heavy (non-hydrogen) atoms. The van der Waals surface area contributed by atoms with E-state index in [1.807, 2.05) is 13.0 Å². The fourth-order valence-electron chi connectivity index (χ4n) is 1.55. The van der Waals surface area contributed by atoms with E-state index < -0.39 is 0 Å². The lowest BCUT2D eigenvalue weighted by Gasteiger charge is -2.03. The Morgan fingerprint density at radius 3 is 2.69 bits per heavy atom. The maximum Gasteiger partial charge on any atom is 0.163 e. The number of hydrogen-bond acceptors (Lipinski definition) is 4. The summed E-state index contributed by atoms with van der Waals surface area (Å²) in [6, 6.07) is 5.08. The molecule has 0 amide bonds. The summed E-state index contributed by atoms with van der Waals surface area (Å²) in [5.74, 6) is -0.108. The lowest BCUT2D eigenvalue weighted by molar-refractivity contribution is 0.101. The summed E-state index contributed by atoms with van der Waals surface area (Å²) in [5, 5.41) is 9.71. The van der Waals surface area contributed by atoms with E-state index in [0.717, 1.165) is 16.1 Å². The number of benzene rings is 1. The Morgan fingerprint density at radius 1 is 1.44 bits per heavy atom. The maximum atomic E-state index is 11.2. The average molecular weight is 233 g/mol. The number of hydrogen-bond donors (Lipinski definition) is 1. The van der Waals surface area contributed by atoms with Crippen LogP contribution in [0, 0.1) is 6.92 Å². The zero-order valence-corrected chi connectivity index (χ0v) is 9.84. The summed E-state index contributed by atoms with van der Waals surface area (Å²) in [6.45, 7) is 3.36. The van der Waals surface area contributed by atoms with E-state index in [-0.39, 0.29) is 11.5 Å². The molecule has 3 nitrogen and oxygen atoms in total. The number of thiazole rings is 1. The SMILES string of the molecule is CC(=O)c1ccc(-c2scnc2C)cc1O. The zero-order chi connectivity index (χ0) is 11.7. The highest BCUT2D eigenvalue weighted by Crippen LogP contribution is 2.31. The second-order valence-electron chi connectivity index (χ2n) is 3.56. The summed E-state index contributed by atoms with van der Waals surface area (Å²) < 4.78 is 0. The highest BCUT2D eigenvalue weighted by molar-refractivity contribution is 7.13. The van der Waals surface area contributed by atoms with Gasteiger partial charge in [0.1, 0.15) is 5.75 Å². The molecule has 0 fully saturated rings. The Hall–Kier alpha value is -1.68. The van der Waals surface area contributed by atoms with Crippen molar-refractivity contribution in [2.75, 3.05) is 0 Å². The smallest absolute Gasteiger partial charge is 0.163 e. The van der Waals surface area contributed by atoms with Gasteiger partial charge in [0.05, 0.1) is 21.6 Å². The molecule has 0 unspecified atom stereocenters. The van der Waals surface area contributed by atoms with Gasteiger partial charge in [-0.15, -0.1) is 11.3 Å². The van der Waals surface area contributed by atoms with Crippen LogP contribution in [0.5, 0.6) is 5.75 Å². The van der Waals surface area contributed by atoms with Gasteiger partial charge >= 0.3 is 0 Å². The van der Waals surface area contributed by atoms with Crippen LogP contribution < -0.4 is 0 Å². The number of carbonyl (C=O) groups excluding carboxylic acids is 1. The zero-order valence-electron chi connectivity index (χ0n) is 9.02. The number of aryl methyl sites for hydroxylation is 1. The predicted octanol–water partition coefficient (Wildman–Crippen LogP) is 3.03. The lowest BCUT2D eigenvalue weighted by atomic mass is 10.1. The van der Waals surface area contributed by atoms with Crippen LogP contribution in [0.25, 0.3) is 10.4 Å². The Balaban J connectivity index is 2.50. The van der Waals surface area contributed by atoms with E-state index in [1.165, 1.54) is 18.3 Å². The highest BCUT2D eigenvalue weighted by Gasteiger charge is 2.10. The van der Waals surface area contributed by atoms with Gasteiger partial charge in [-0.3, -0.25) is 4.79 Å². The van der Waals surface area contributed by atoms with Crippen LogP contribution in [-0.4, -0.2) is 15.9 Å². The molecule has 1 N–H and O–H groups in total. The van der Waals surface area contributed by atoms with Crippen LogP contribution >= 0.6 is 11.3 Å². The molecule has 0 spiro atoms. The van der Waals surface area contributed by atoms with Gasteiger partial charge in [-0.1, -0.05) is 6.07 Å². The fourth-order valence-corrected chi connectivity index (χ4v) is 2.35. The second kappa shape index (κ2) is 4.06. The summed E-state index contributed by atoms with van der Waals surface area (Å²) in [4.78, 5) is 16.3. The number of carbonyl (C=O) groups is 1. The molecule has 0 saturated heterocycles. The number of ketones is 1. The predicted molar refractivity (Wildman–Crippen MR) is 64.0 cm³/mol. The first-order valence-corrected chi connectivity index (χ1v) is 5.72. The van der Waals surface area contributed by atoms with Gasteiger partial charge in [0, 0.05) is 0 Å². The van der Waals surface area contributed by atoms with Gasteiger partial charge < -0.3 is 5.11 Å². The molecule has 0 aliphatic heterocycles. The number of Topliss-reactive ketones (excluding diaryl/α,β-unsaturated/α-hetero) is 1. The minimum Gasteiger partial charge on any atom is -0.507 e. The van der Waals surface area contributed by atoms with Gasteiger partial charge in [-0.2, -0.15) is 0 Å². The topological polar surface area (TPSA) is 50.2 Å². The van der Waals surface area contributed by atoms with Crippen molar-refractivity contribution in [1.29, 1.82) is 0 Å². The van der Waals surface area contributed by atoms with Crippen LogP contribution in [0.1, 0.15) is 23.0 Å². The molecule has 1 aromatic carbocycles. The van der Waals surface area contributed by atoms with Crippen molar-refractivity contribution in [3.63, 3.8) is 0 Å². The molecule has 82 valence electrons. The molecule has 1 heterocycles. The van der Waals surface area contributed by atoms with Crippen molar-refractivity contribution in [3.05, 3.63) is 35.0 Å².